The number of carbonyl (C=O) groups is 1. The average molecular weight is 248 g/mol. The minimum absolute atomic E-state index is 0.193. The van der Waals surface area contributed by atoms with E-state index in [-0.39, 0.29) is 5.91 Å². The highest BCUT2D eigenvalue weighted by Crippen LogP contribution is 2.17. The Kier molecular flexibility index (Phi) is 4.20. The molecule has 1 atom stereocenters. The second-order valence-electron chi connectivity index (χ2n) is 4.87. The maximum absolute atomic E-state index is 12.1. The molecule has 98 valence electrons. The van der Waals surface area contributed by atoms with Crippen molar-refractivity contribution in [3.05, 3.63) is 29.8 Å². The van der Waals surface area contributed by atoms with Crippen LogP contribution >= 0.6 is 0 Å². The van der Waals surface area contributed by atoms with Gasteiger partial charge in [-0.1, -0.05) is 12.1 Å². The Bertz CT molecular complexity index is 403. The molecule has 1 aromatic rings. The molecule has 2 N–H and O–H groups in total. The minimum atomic E-state index is 0.193. The van der Waals surface area contributed by atoms with Crippen LogP contribution in [-0.2, 0) is 16.0 Å². The molecule has 1 saturated heterocycles. The number of carbonyl (C=O) groups excluding carboxylic acids is 1. The molecule has 1 aliphatic rings. The van der Waals surface area contributed by atoms with Gasteiger partial charge in [0.2, 0.25) is 5.91 Å². The van der Waals surface area contributed by atoms with Crippen LogP contribution in [0.2, 0.25) is 0 Å². The molecule has 0 radical (unpaired) electrons. The highest BCUT2D eigenvalue weighted by Gasteiger charge is 2.25. The summed E-state index contributed by atoms with van der Waals surface area (Å²) in [7, 11) is 1.71. The van der Waals surface area contributed by atoms with Crippen molar-refractivity contribution in [2.75, 3.05) is 32.5 Å². The van der Waals surface area contributed by atoms with Crippen molar-refractivity contribution < 1.29 is 9.53 Å². The van der Waals surface area contributed by atoms with Gasteiger partial charge >= 0.3 is 0 Å². The topological polar surface area (TPSA) is 55.6 Å². The largest absolute Gasteiger partial charge is 0.399 e. The van der Waals surface area contributed by atoms with E-state index in [1.165, 1.54) is 0 Å². The fraction of sp³-hybridized carbons (Fsp3) is 0.500. The molecular weight excluding hydrogens is 228 g/mol. The number of nitrogens with zero attached hydrogens (tertiary/aromatic N) is 1. The fourth-order valence-corrected chi connectivity index (χ4v) is 2.35. The summed E-state index contributed by atoms with van der Waals surface area (Å²) in [6.07, 6.45) is 1.50. The number of anilines is 1. The zero-order chi connectivity index (χ0) is 13.0. The normalized spacial score (nSPS) is 19.2. The zero-order valence-electron chi connectivity index (χ0n) is 10.8. The quantitative estimate of drug-likeness (QED) is 0.817. The summed E-state index contributed by atoms with van der Waals surface area (Å²) >= 11 is 0. The summed E-state index contributed by atoms with van der Waals surface area (Å²) in [6.45, 7) is 2.41. The average Bonchev–Trinajstić information content (AvgIpc) is 2.81. The minimum Gasteiger partial charge on any atom is -0.399 e. The van der Waals surface area contributed by atoms with Crippen molar-refractivity contribution in [2.24, 2.45) is 5.92 Å². The van der Waals surface area contributed by atoms with Gasteiger partial charge in [0.25, 0.3) is 0 Å². The third kappa shape index (κ3) is 3.23. The molecule has 18 heavy (non-hydrogen) atoms. The van der Waals surface area contributed by atoms with Crippen LogP contribution in [-0.4, -0.2) is 37.6 Å². The number of rotatable bonds is 4. The summed E-state index contributed by atoms with van der Waals surface area (Å²) in [5, 5.41) is 0. The first-order chi connectivity index (χ1) is 8.69. The maximum atomic E-state index is 12.1. The van der Waals surface area contributed by atoms with E-state index in [2.05, 4.69) is 0 Å². The number of nitrogens with two attached hydrogens (primary N) is 1. The molecule has 4 nitrogen and oxygen atoms in total. The molecule has 0 aliphatic carbocycles. The maximum Gasteiger partial charge on any atom is 0.227 e. The number of hydrogen-bond acceptors (Lipinski definition) is 3. The van der Waals surface area contributed by atoms with Crippen LogP contribution in [0.4, 0.5) is 5.69 Å². The fourth-order valence-electron chi connectivity index (χ4n) is 2.35. The number of hydrogen-bond donors (Lipinski definition) is 1. The lowest BCUT2D eigenvalue weighted by atomic mass is 10.1. The van der Waals surface area contributed by atoms with Gasteiger partial charge in [0.05, 0.1) is 13.0 Å². The SMILES string of the molecule is COCC1CCN(C(=O)Cc2ccc(N)cc2)C1. The number of benzene rings is 1. The molecule has 0 saturated carbocycles. The van der Waals surface area contributed by atoms with Crippen LogP contribution < -0.4 is 5.73 Å². The zero-order valence-corrected chi connectivity index (χ0v) is 10.8. The smallest absolute Gasteiger partial charge is 0.227 e. The van der Waals surface area contributed by atoms with Gasteiger partial charge in [0.15, 0.2) is 0 Å². The lowest BCUT2D eigenvalue weighted by Crippen LogP contribution is -2.30. The van der Waals surface area contributed by atoms with E-state index in [1.54, 1.807) is 7.11 Å². The van der Waals surface area contributed by atoms with Crippen LogP contribution in [0.1, 0.15) is 12.0 Å². The summed E-state index contributed by atoms with van der Waals surface area (Å²) in [5.41, 5.74) is 7.37. The molecular formula is C14H20N2O2. The van der Waals surface area contributed by atoms with Gasteiger partial charge in [-0.05, 0) is 24.1 Å². The van der Waals surface area contributed by atoms with Crippen LogP contribution in [0, 0.1) is 5.92 Å². The lowest BCUT2D eigenvalue weighted by Gasteiger charge is -2.16. The molecule has 1 amide bonds. The Morgan fingerprint density at radius 2 is 2.17 bits per heavy atom. The molecule has 1 fully saturated rings. The van der Waals surface area contributed by atoms with Gasteiger partial charge < -0.3 is 15.4 Å². The number of nitrogen functional groups attached to an aromatic ring is 1. The second kappa shape index (κ2) is 5.87. The third-order valence-corrected chi connectivity index (χ3v) is 3.38. The second-order valence-corrected chi connectivity index (χ2v) is 4.87. The summed E-state index contributed by atoms with van der Waals surface area (Å²) in [5.74, 6) is 0.684. The first kappa shape index (κ1) is 12.9. The van der Waals surface area contributed by atoms with Gasteiger partial charge in [-0.15, -0.1) is 0 Å². The van der Waals surface area contributed by atoms with Gasteiger partial charge in [-0.2, -0.15) is 0 Å². The van der Waals surface area contributed by atoms with Crippen molar-refractivity contribution in [1.29, 1.82) is 0 Å². The molecule has 1 unspecified atom stereocenters. The molecule has 1 heterocycles. The first-order valence-corrected chi connectivity index (χ1v) is 6.30. The monoisotopic (exact) mass is 248 g/mol. The van der Waals surface area contributed by atoms with Crippen molar-refractivity contribution in [3.8, 4) is 0 Å². The Labute approximate surface area is 108 Å². The van der Waals surface area contributed by atoms with E-state index in [0.29, 0.717) is 12.3 Å². The standard InChI is InChI=1S/C14H20N2O2/c1-18-10-12-6-7-16(9-12)14(17)8-11-2-4-13(15)5-3-11/h2-5,12H,6-10,15H2,1H3. The molecule has 1 aliphatic heterocycles. The first-order valence-electron chi connectivity index (χ1n) is 6.30. The van der Waals surface area contributed by atoms with E-state index in [9.17, 15) is 4.79 Å². The Hall–Kier alpha value is -1.55. The van der Waals surface area contributed by atoms with Crippen molar-refractivity contribution in [3.63, 3.8) is 0 Å². The van der Waals surface area contributed by atoms with Gasteiger partial charge in [0.1, 0.15) is 0 Å². The van der Waals surface area contributed by atoms with Crippen LogP contribution in [0.25, 0.3) is 0 Å². The Morgan fingerprint density at radius 3 is 2.83 bits per heavy atom. The highest BCUT2D eigenvalue weighted by molar-refractivity contribution is 5.79. The van der Waals surface area contributed by atoms with E-state index in [1.807, 2.05) is 29.2 Å². The number of methoxy groups -OCH3 is 1. The molecule has 4 heteroatoms. The van der Waals surface area contributed by atoms with Crippen LogP contribution in [0.3, 0.4) is 0 Å². The summed E-state index contributed by atoms with van der Waals surface area (Å²) in [6, 6.07) is 7.49. The van der Waals surface area contributed by atoms with Crippen LogP contribution in [0.5, 0.6) is 0 Å². The van der Waals surface area contributed by atoms with Gasteiger partial charge in [-0.3, -0.25) is 4.79 Å². The van der Waals surface area contributed by atoms with Crippen LogP contribution in [0.15, 0.2) is 24.3 Å². The third-order valence-electron chi connectivity index (χ3n) is 3.38. The molecule has 0 spiro atoms. The van der Waals surface area contributed by atoms with Gasteiger partial charge in [0, 0.05) is 31.8 Å². The predicted octanol–water partition coefficient (Wildman–Crippen LogP) is 1.31. The van der Waals surface area contributed by atoms with E-state index in [0.717, 1.165) is 37.4 Å². The van der Waals surface area contributed by atoms with E-state index >= 15 is 0 Å². The molecule has 2 rings (SSSR count). The number of ether oxygens (including phenoxy) is 1. The Morgan fingerprint density at radius 1 is 1.44 bits per heavy atom. The van der Waals surface area contributed by atoms with Crippen molar-refractivity contribution in [2.45, 2.75) is 12.8 Å². The van der Waals surface area contributed by atoms with Crippen molar-refractivity contribution in [1.82, 2.24) is 4.90 Å². The van der Waals surface area contributed by atoms with Gasteiger partial charge in [-0.25, -0.2) is 0 Å². The summed E-state index contributed by atoms with van der Waals surface area (Å²) < 4.78 is 5.13. The van der Waals surface area contributed by atoms with Crippen molar-refractivity contribution >= 4 is 11.6 Å². The predicted molar refractivity (Wildman–Crippen MR) is 71.1 cm³/mol. The summed E-state index contributed by atoms with van der Waals surface area (Å²) in [4.78, 5) is 14.0. The lowest BCUT2D eigenvalue weighted by molar-refractivity contribution is -0.129. The highest BCUT2D eigenvalue weighted by atomic mass is 16.5. The van der Waals surface area contributed by atoms with E-state index in [4.69, 9.17) is 10.5 Å². The number of amides is 1. The Balaban J connectivity index is 1.87. The molecule has 0 aromatic heterocycles. The van der Waals surface area contributed by atoms with E-state index < -0.39 is 0 Å². The molecule has 1 aromatic carbocycles. The molecule has 0 bridgehead atoms. The number of likely N-dealkylation sites (tertiary alicyclic amines) is 1.